The monoisotopic (exact) mass is 199 g/mol. The molecular formula is C10H11F2NO. The van der Waals surface area contributed by atoms with E-state index in [0.29, 0.717) is 12.0 Å². The summed E-state index contributed by atoms with van der Waals surface area (Å²) in [6.45, 7) is 1.46. The highest BCUT2D eigenvalue weighted by atomic mass is 19.1. The molecule has 0 saturated carbocycles. The molecule has 14 heavy (non-hydrogen) atoms. The summed E-state index contributed by atoms with van der Waals surface area (Å²) in [4.78, 5) is 11.1. The molecule has 0 spiro atoms. The second-order valence-electron chi connectivity index (χ2n) is 2.90. The van der Waals surface area contributed by atoms with E-state index in [-0.39, 0.29) is 12.1 Å². The minimum Gasteiger partial charge on any atom is -0.324 e. The molecule has 0 aromatic heterocycles. The molecule has 2 N–H and O–H groups in total. The maximum absolute atomic E-state index is 13.1. The Morgan fingerprint density at radius 3 is 2.50 bits per heavy atom. The van der Waals surface area contributed by atoms with Crippen molar-refractivity contribution in [1.82, 2.24) is 0 Å². The molecule has 1 rings (SSSR count). The molecule has 4 heteroatoms. The molecule has 0 aliphatic rings. The first-order valence-corrected chi connectivity index (χ1v) is 4.31. The van der Waals surface area contributed by atoms with Crippen LogP contribution in [0.5, 0.6) is 0 Å². The van der Waals surface area contributed by atoms with Crippen molar-refractivity contribution in [2.24, 2.45) is 5.73 Å². The third-order valence-electron chi connectivity index (χ3n) is 2.00. The molecule has 0 aliphatic carbocycles. The summed E-state index contributed by atoms with van der Waals surface area (Å²) in [5.41, 5.74) is 5.28. The summed E-state index contributed by atoms with van der Waals surface area (Å²) >= 11 is 0. The van der Waals surface area contributed by atoms with Gasteiger partial charge in [-0.1, -0.05) is 6.92 Å². The number of Topliss-reactive ketones (excluding diaryl/α,β-unsaturated/α-hetero) is 1. The summed E-state index contributed by atoms with van der Waals surface area (Å²) < 4.78 is 26.1. The van der Waals surface area contributed by atoms with E-state index in [1.165, 1.54) is 6.07 Å². The summed E-state index contributed by atoms with van der Waals surface area (Å²) in [5.74, 6) is -1.99. The van der Waals surface area contributed by atoms with Crippen molar-refractivity contribution < 1.29 is 13.6 Å². The molecule has 1 aromatic rings. The van der Waals surface area contributed by atoms with Gasteiger partial charge in [0, 0.05) is 6.07 Å². The van der Waals surface area contributed by atoms with Crippen LogP contribution in [-0.4, -0.2) is 12.3 Å². The zero-order valence-electron chi connectivity index (χ0n) is 7.81. The lowest BCUT2D eigenvalue weighted by molar-refractivity contribution is 0.0997. The van der Waals surface area contributed by atoms with Crippen molar-refractivity contribution in [3.05, 3.63) is 34.9 Å². The van der Waals surface area contributed by atoms with Crippen molar-refractivity contribution >= 4 is 5.78 Å². The first kappa shape index (κ1) is 10.8. The maximum atomic E-state index is 13.1. The van der Waals surface area contributed by atoms with Gasteiger partial charge in [0.25, 0.3) is 0 Å². The third-order valence-corrected chi connectivity index (χ3v) is 2.00. The molecule has 0 heterocycles. The Hall–Kier alpha value is -1.29. The Morgan fingerprint density at radius 1 is 1.36 bits per heavy atom. The summed E-state index contributed by atoms with van der Waals surface area (Å²) in [6.07, 6.45) is 0.414. The van der Waals surface area contributed by atoms with E-state index in [1.807, 2.05) is 0 Å². The fourth-order valence-electron chi connectivity index (χ4n) is 1.19. The first-order valence-electron chi connectivity index (χ1n) is 4.31. The topological polar surface area (TPSA) is 43.1 Å². The highest BCUT2D eigenvalue weighted by molar-refractivity contribution is 5.97. The Kier molecular flexibility index (Phi) is 3.30. The molecule has 1 aromatic carbocycles. The Morgan fingerprint density at radius 2 is 2.00 bits per heavy atom. The van der Waals surface area contributed by atoms with Crippen LogP contribution in [-0.2, 0) is 6.42 Å². The van der Waals surface area contributed by atoms with E-state index in [9.17, 15) is 13.6 Å². The summed E-state index contributed by atoms with van der Waals surface area (Å²) in [6, 6.07) is 1.95. The lowest BCUT2D eigenvalue weighted by atomic mass is 10.0. The highest BCUT2D eigenvalue weighted by Crippen LogP contribution is 2.15. The van der Waals surface area contributed by atoms with Gasteiger partial charge in [-0.05, 0) is 18.1 Å². The van der Waals surface area contributed by atoms with Gasteiger partial charge in [0.05, 0.1) is 12.1 Å². The second kappa shape index (κ2) is 4.28. The Bertz CT molecular complexity index is 363. The molecular weight excluding hydrogens is 188 g/mol. The predicted octanol–water partition coefficient (Wildman–Crippen LogP) is 1.67. The Labute approximate surface area is 80.7 Å². The minimum atomic E-state index is -0.852. The van der Waals surface area contributed by atoms with Gasteiger partial charge in [-0.2, -0.15) is 0 Å². The molecule has 0 atom stereocenters. The van der Waals surface area contributed by atoms with Gasteiger partial charge in [-0.3, -0.25) is 4.79 Å². The number of benzene rings is 1. The largest absolute Gasteiger partial charge is 0.324 e. The van der Waals surface area contributed by atoms with Crippen LogP contribution in [0.1, 0.15) is 22.8 Å². The van der Waals surface area contributed by atoms with Crippen LogP contribution in [0.25, 0.3) is 0 Å². The standard InChI is InChI=1S/C10H11F2NO/c1-2-6-3-7(10(14)5-13)9(12)4-8(6)11/h3-4H,2,5,13H2,1H3. The van der Waals surface area contributed by atoms with E-state index >= 15 is 0 Å². The number of aryl methyl sites for hydroxylation is 1. The average Bonchev–Trinajstić information content (AvgIpc) is 2.17. The molecule has 2 nitrogen and oxygen atoms in total. The van der Waals surface area contributed by atoms with E-state index in [2.05, 4.69) is 0 Å². The molecule has 0 amide bonds. The number of rotatable bonds is 3. The van der Waals surface area contributed by atoms with E-state index in [4.69, 9.17) is 5.73 Å². The predicted molar refractivity (Wildman–Crippen MR) is 49.1 cm³/mol. The molecule has 0 fully saturated rings. The maximum Gasteiger partial charge on any atom is 0.179 e. The second-order valence-corrected chi connectivity index (χ2v) is 2.90. The lowest BCUT2D eigenvalue weighted by Crippen LogP contribution is -2.15. The van der Waals surface area contributed by atoms with Crippen LogP contribution >= 0.6 is 0 Å². The lowest BCUT2D eigenvalue weighted by Gasteiger charge is -2.04. The van der Waals surface area contributed by atoms with Gasteiger partial charge >= 0.3 is 0 Å². The fourth-order valence-corrected chi connectivity index (χ4v) is 1.19. The van der Waals surface area contributed by atoms with Crippen LogP contribution < -0.4 is 5.73 Å². The zero-order valence-corrected chi connectivity index (χ0v) is 7.81. The average molecular weight is 199 g/mol. The van der Waals surface area contributed by atoms with Crippen LogP contribution in [0.2, 0.25) is 0 Å². The van der Waals surface area contributed by atoms with Crippen LogP contribution in [0, 0.1) is 11.6 Å². The van der Waals surface area contributed by atoms with E-state index in [1.54, 1.807) is 6.92 Å². The zero-order chi connectivity index (χ0) is 10.7. The molecule has 0 bridgehead atoms. The van der Waals surface area contributed by atoms with Gasteiger partial charge in [0.2, 0.25) is 0 Å². The van der Waals surface area contributed by atoms with E-state index in [0.717, 1.165) is 6.07 Å². The number of nitrogens with two attached hydrogens (primary N) is 1. The number of carbonyl (C=O) groups is 1. The molecule has 76 valence electrons. The van der Waals surface area contributed by atoms with Crippen molar-refractivity contribution in [3.63, 3.8) is 0 Å². The molecule has 0 unspecified atom stereocenters. The normalized spacial score (nSPS) is 10.3. The van der Waals surface area contributed by atoms with Crippen LogP contribution in [0.3, 0.4) is 0 Å². The minimum absolute atomic E-state index is 0.134. The fraction of sp³-hybridized carbons (Fsp3) is 0.300. The van der Waals surface area contributed by atoms with Crippen molar-refractivity contribution in [2.45, 2.75) is 13.3 Å². The van der Waals surface area contributed by atoms with Gasteiger partial charge in [-0.25, -0.2) is 8.78 Å². The van der Waals surface area contributed by atoms with Crippen LogP contribution in [0.15, 0.2) is 12.1 Å². The quantitative estimate of drug-likeness (QED) is 0.752. The first-order chi connectivity index (χ1) is 6.60. The Balaban J connectivity index is 3.24. The van der Waals surface area contributed by atoms with Gasteiger partial charge in [0.1, 0.15) is 11.6 Å². The summed E-state index contributed by atoms with van der Waals surface area (Å²) in [7, 11) is 0. The number of hydrogen-bond acceptors (Lipinski definition) is 2. The molecule has 0 radical (unpaired) electrons. The number of halogens is 2. The van der Waals surface area contributed by atoms with Crippen molar-refractivity contribution in [3.8, 4) is 0 Å². The number of ketones is 1. The number of hydrogen-bond donors (Lipinski definition) is 1. The third kappa shape index (κ3) is 1.96. The SMILES string of the molecule is CCc1cc(C(=O)CN)c(F)cc1F. The summed E-state index contributed by atoms with van der Waals surface area (Å²) in [5, 5.41) is 0. The van der Waals surface area contributed by atoms with Gasteiger partial charge in [-0.15, -0.1) is 0 Å². The van der Waals surface area contributed by atoms with Crippen LogP contribution in [0.4, 0.5) is 8.78 Å². The smallest absolute Gasteiger partial charge is 0.179 e. The highest BCUT2D eigenvalue weighted by Gasteiger charge is 2.13. The van der Waals surface area contributed by atoms with Gasteiger partial charge < -0.3 is 5.73 Å². The van der Waals surface area contributed by atoms with Crippen molar-refractivity contribution in [2.75, 3.05) is 6.54 Å². The van der Waals surface area contributed by atoms with Gasteiger partial charge in [0.15, 0.2) is 5.78 Å². The van der Waals surface area contributed by atoms with Crippen molar-refractivity contribution in [1.29, 1.82) is 0 Å². The van der Waals surface area contributed by atoms with E-state index < -0.39 is 17.4 Å². The molecule has 0 aliphatic heterocycles. The molecule has 0 saturated heterocycles. The number of carbonyl (C=O) groups excluding carboxylic acids is 1.